The molecular formula is C17H21N3O4. The molecule has 0 bridgehead atoms. The molecule has 2 heterocycles. The third kappa shape index (κ3) is 3.20. The van der Waals surface area contributed by atoms with Crippen LogP contribution in [-0.2, 0) is 14.3 Å². The predicted molar refractivity (Wildman–Crippen MR) is 87.3 cm³/mol. The van der Waals surface area contributed by atoms with Gasteiger partial charge < -0.3 is 20.3 Å². The third-order valence-electron chi connectivity index (χ3n) is 4.45. The smallest absolute Gasteiger partial charge is 0.325 e. The number of anilines is 1. The van der Waals surface area contributed by atoms with Crippen LogP contribution < -0.4 is 10.6 Å². The van der Waals surface area contributed by atoms with E-state index in [0.29, 0.717) is 31.6 Å². The molecular weight excluding hydrogens is 310 g/mol. The average Bonchev–Trinajstić information content (AvgIpc) is 2.69. The van der Waals surface area contributed by atoms with E-state index in [1.54, 1.807) is 13.0 Å². The van der Waals surface area contributed by atoms with Gasteiger partial charge in [0.15, 0.2) is 0 Å². The summed E-state index contributed by atoms with van der Waals surface area (Å²) in [6.45, 7) is 2.36. The highest BCUT2D eigenvalue weighted by Gasteiger charge is 2.40. The zero-order chi connectivity index (χ0) is 17.2. The molecule has 1 aromatic carbocycles. The summed E-state index contributed by atoms with van der Waals surface area (Å²) >= 11 is 0. The van der Waals surface area contributed by atoms with E-state index in [-0.39, 0.29) is 24.8 Å². The van der Waals surface area contributed by atoms with Crippen LogP contribution in [0.4, 0.5) is 5.69 Å². The maximum absolute atomic E-state index is 12.4. The standard InChI is InChI=1S/C17H21N3O4/c1-2-24-15(22)11-20-10-9-17(8-7-14(20)21)18-13-6-4-3-5-12(13)16(23)19-17/h3-6,18H,2,7-11H2,1H3,(H,19,23). The molecule has 2 N–H and O–H groups in total. The number of para-hydroxylation sites is 1. The van der Waals surface area contributed by atoms with E-state index in [1.165, 1.54) is 4.90 Å². The molecule has 1 saturated heterocycles. The second-order valence-corrected chi connectivity index (χ2v) is 6.08. The molecule has 7 nitrogen and oxygen atoms in total. The number of fused-ring (bicyclic) bond motifs is 1. The first-order valence-electron chi connectivity index (χ1n) is 8.16. The van der Waals surface area contributed by atoms with Crippen LogP contribution >= 0.6 is 0 Å². The van der Waals surface area contributed by atoms with E-state index in [1.807, 2.05) is 18.2 Å². The Morgan fingerprint density at radius 3 is 2.83 bits per heavy atom. The summed E-state index contributed by atoms with van der Waals surface area (Å²) in [5, 5.41) is 6.38. The van der Waals surface area contributed by atoms with Gasteiger partial charge in [0, 0.05) is 25.1 Å². The number of amides is 2. The highest BCUT2D eigenvalue weighted by atomic mass is 16.5. The molecule has 1 fully saturated rings. The lowest BCUT2D eigenvalue weighted by Crippen LogP contribution is -2.58. The first-order chi connectivity index (χ1) is 11.5. The summed E-state index contributed by atoms with van der Waals surface area (Å²) < 4.78 is 4.92. The Labute approximate surface area is 140 Å². The second-order valence-electron chi connectivity index (χ2n) is 6.08. The Hall–Kier alpha value is -2.57. The van der Waals surface area contributed by atoms with Gasteiger partial charge in [0.05, 0.1) is 12.2 Å². The van der Waals surface area contributed by atoms with Crippen molar-refractivity contribution in [3.05, 3.63) is 29.8 Å². The van der Waals surface area contributed by atoms with E-state index < -0.39 is 11.6 Å². The summed E-state index contributed by atoms with van der Waals surface area (Å²) in [5.41, 5.74) is 0.708. The van der Waals surface area contributed by atoms with Crippen LogP contribution in [0.2, 0.25) is 0 Å². The Kier molecular flexibility index (Phi) is 4.42. The second kappa shape index (κ2) is 6.51. The molecule has 2 amide bonds. The maximum atomic E-state index is 12.4. The van der Waals surface area contributed by atoms with Gasteiger partial charge in [-0.25, -0.2) is 0 Å². The summed E-state index contributed by atoms with van der Waals surface area (Å²) in [6.07, 6.45) is 1.26. The highest BCUT2D eigenvalue weighted by Crippen LogP contribution is 2.31. The summed E-state index contributed by atoms with van der Waals surface area (Å²) in [7, 11) is 0. The average molecular weight is 331 g/mol. The van der Waals surface area contributed by atoms with Crippen LogP contribution in [0.5, 0.6) is 0 Å². The van der Waals surface area contributed by atoms with Crippen molar-refractivity contribution in [2.24, 2.45) is 0 Å². The number of hydrogen-bond acceptors (Lipinski definition) is 5. The van der Waals surface area contributed by atoms with Gasteiger partial charge in [-0.15, -0.1) is 0 Å². The Balaban J connectivity index is 1.74. The quantitative estimate of drug-likeness (QED) is 0.810. The zero-order valence-corrected chi connectivity index (χ0v) is 13.6. The number of nitrogens with zero attached hydrogens (tertiary/aromatic N) is 1. The van der Waals surface area contributed by atoms with E-state index in [4.69, 9.17) is 4.74 Å². The summed E-state index contributed by atoms with van der Waals surface area (Å²) in [5.74, 6) is -0.654. The van der Waals surface area contributed by atoms with E-state index in [2.05, 4.69) is 10.6 Å². The lowest BCUT2D eigenvalue weighted by Gasteiger charge is -2.39. The number of nitrogens with one attached hydrogen (secondary N) is 2. The van der Waals surface area contributed by atoms with Crippen molar-refractivity contribution in [3.8, 4) is 0 Å². The monoisotopic (exact) mass is 331 g/mol. The normalized spacial score (nSPS) is 23.1. The van der Waals surface area contributed by atoms with Crippen molar-refractivity contribution in [2.45, 2.75) is 31.8 Å². The molecule has 1 spiro atoms. The molecule has 2 aliphatic rings. The molecule has 1 atom stereocenters. The van der Waals surface area contributed by atoms with Crippen molar-refractivity contribution in [1.82, 2.24) is 10.2 Å². The topological polar surface area (TPSA) is 87.7 Å². The van der Waals surface area contributed by atoms with Gasteiger partial charge in [0.25, 0.3) is 5.91 Å². The Bertz CT molecular complexity index is 676. The van der Waals surface area contributed by atoms with Crippen molar-refractivity contribution < 1.29 is 19.1 Å². The third-order valence-corrected chi connectivity index (χ3v) is 4.45. The van der Waals surface area contributed by atoms with Gasteiger partial charge in [-0.3, -0.25) is 14.4 Å². The maximum Gasteiger partial charge on any atom is 0.325 e. The number of carbonyl (C=O) groups is 3. The zero-order valence-electron chi connectivity index (χ0n) is 13.6. The van der Waals surface area contributed by atoms with Crippen LogP contribution in [0.15, 0.2) is 24.3 Å². The van der Waals surface area contributed by atoms with Crippen LogP contribution in [-0.4, -0.2) is 48.0 Å². The predicted octanol–water partition coefficient (Wildman–Crippen LogP) is 1.11. The number of likely N-dealkylation sites (tertiary alicyclic amines) is 1. The minimum Gasteiger partial charge on any atom is -0.465 e. The van der Waals surface area contributed by atoms with Crippen LogP contribution in [0.25, 0.3) is 0 Å². The number of rotatable bonds is 3. The molecule has 24 heavy (non-hydrogen) atoms. The number of benzene rings is 1. The number of carbonyl (C=O) groups excluding carboxylic acids is 3. The molecule has 3 rings (SSSR count). The van der Waals surface area contributed by atoms with Gasteiger partial charge in [0.2, 0.25) is 5.91 Å². The first kappa shape index (κ1) is 16.3. The minimum atomic E-state index is -0.662. The van der Waals surface area contributed by atoms with Gasteiger partial charge in [-0.05, 0) is 25.5 Å². The molecule has 0 aromatic heterocycles. The number of hydrogen-bond donors (Lipinski definition) is 2. The molecule has 1 unspecified atom stereocenters. The molecule has 7 heteroatoms. The molecule has 128 valence electrons. The fourth-order valence-corrected chi connectivity index (χ4v) is 3.20. The molecule has 2 aliphatic heterocycles. The van der Waals surface area contributed by atoms with E-state index in [0.717, 1.165) is 5.69 Å². The van der Waals surface area contributed by atoms with Crippen LogP contribution in [0.3, 0.4) is 0 Å². The van der Waals surface area contributed by atoms with Gasteiger partial charge in [-0.2, -0.15) is 0 Å². The largest absolute Gasteiger partial charge is 0.465 e. The Morgan fingerprint density at radius 2 is 2.04 bits per heavy atom. The molecule has 0 saturated carbocycles. The Morgan fingerprint density at radius 1 is 1.25 bits per heavy atom. The van der Waals surface area contributed by atoms with E-state index in [9.17, 15) is 14.4 Å². The van der Waals surface area contributed by atoms with Crippen LogP contribution in [0, 0.1) is 0 Å². The molecule has 0 radical (unpaired) electrons. The number of ether oxygens (including phenoxy) is 1. The molecule has 0 aliphatic carbocycles. The van der Waals surface area contributed by atoms with Gasteiger partial charge in [0.1, 0.15) is 12.2 Å². The SMILES string of the molecule is CCOC(=O)CN1CCC2(CCC1=O)NC(=O)c1ccccc1N2. The van der Waals surface area contributed by atoms with E-state index >= 15 is 0 Å². The van der Waals surface area contributed by atoms with Crippen LogP contribution in [0.1, 0.15) is 36.5 Å². The fraction of sp³-hybridized carbons (Fsp3) is 0.471. The number of esters is 1. The highest BCUT2D eigenvalue weighted by molar-refractivity contribution is 6.02. The lowest BCUT2D eigenvalue weighted by molar-refractivity contribution is -0.148. The minimum absolute atomic E-state index is 0.0483. The summed E-state index contributed by atoms with van der Waals surface area (Å²) in [6, 6.07) is 7.31. The first-order valence-corrected chi connectivity index (χ1v) is 8.16. The summed E-state index contributed by atoms with van der Waals surface area (Å²) in [4.78, 5) is 37.8. The fourth-order valence-electron chi connectivity index (χ4n) is 3.20. The van der Waals surface area contributed by atoms with Crippen molar-refractivity contribution in [3.63, 3.8) is 0 Å². The van der Waals surface area contributed by atoms with Gasteiger partial charge >= 0.3 is 5.97 Å². The van der Waals surface area contributed by atoms with Gasteiger partial charge in [-0.1, -0.05) is 12.1 Å². The van der Waals surface area contributed by atoms with Crippen molar-refractivity contribution in [1.29, 1.82) is 0 Å². The lowest BCUT2D eigenvalue weighted by atomic mass is 9.95. The van der Waals surface area contributed by atoms with Crippen molar-refractivity contribution >= 4 is 23.5 Å². The van der Waals surface area contributed by atoms with Crippen molar-refractivity contribution in [2.75, 3.05) is 25.0 Å². The molecule has 1 aromatic rings.